The van der Waals surface area contributed by atoms with Crippen LogP contribution in [0.4, 0.5) is 8.78 Å². The Kier molecular flexibility index (Phi) is 5.42. The highest BCUT2D eigenvalue weighted by Gasteiger charge is 2.17. The molecule has 1 atom stereocenters. The van der Waals surface area contributed by atoms with E-state index in [0.717, 1.165) is 0 Å². The first kappa shape index (κ1) is 16.0. The molecule has 1 heterocycles. The Bertz CT molecular complexity index is 600. The molecule has 1 aromatic carbocycles. The number of hydrogen-bond donors (Lipinski definition) is 1. The molecule has 5 heteroatoms. The van der Waals surface area contributed by atoms with Gasteiger partial charge >= 0.3 is 0 Å². The number of pyridine rings is 1. The minimum Gasteiger partial charge on any atom is -0.306 e. The lowest BCUT2D eigenvalue weighted by molar-refractivity contribution is 0.456. The van der Waals surface area contributed by atoms with Crippen molar-refractivity contribution < 1.29 is 8.78 Å². The van der Waals surface area contributed by atoms with Crippen LogP contribution in [0, 0.1) is 11.6 Å². The average Bonchev–Trinajstić information content (AvgIpc) is 2.41. The van der Waals surface area contributed by atoms with E-state index in [1.54, 1.807) is 12.1 Å². The molecule has 2 aromatic rings. The molecule has 0 aliphatic rings. The Hall–Kier alpha value is -1.33. The second-order valence-corrected chi connectivity index (χ2v) is 6.13. The van der Waals surface area contributed by atoms with E-state index in [1.165, 1.54) is 18.3 Å². The molecule has 112 valence electrons. The second-order valence-electron chi connectivity index (χ2n) is 5.22. The van der Waals surface area contributed by atoms with E-state index >= 15 is 0 Å². The number of nitrogens with zero attached hydrogens (tertiary/aromatic N) is 1. The van der Waals surface area contributed by atoms with Crippen LogP contribution in [0.3, 0.4) is 0 Å². The van der Waals surface area contributed by atoms with Gasteiger partial charge in [-0.15, -0.1) is 0 Å². The molecule has 0 aliphatic heterocycles. The first-order valence-corrected chi connectivity index (χ1v) is 7.56. The molecule has 0 amide bonds. The van der Waals surface area contributed by atoms with Gasteiger partial charge in [-0.1, -0.05) is 35.8 Å². The van der Waals surface area contributed by atoms with Gasteiger partial charge in [-0.05, 0) is 36.2 Å². The van der Waals surface area contributed by atoms with Crippen molar-refractivity contribution in [2.75, 3.05) is 0 Å². The van der Waals surface area contributed by atoms with Gasteiger partial charge in [0, 0.05) is 10.5 Å². The zero-order valence-corrected chi connectivity index (χ0v) is 13.5. The molecule has 0 radical (unpaired) electrons. The monoisotopic (exact) mass is 354 g/mol. The molecular weight excluding hydrogens is 338 g/mol. The number of rotatable bonds is 5. The van der Waals surface area contributed by atoms with Crippen molar-refractivity contribution in [3.63, 3.8) is 0 Å². The Morgan fingerprint density at radius 1 is 1.19 bits per heavy atom. The predicted octanol–water partition coefficient (Wildman–Crippen LogP) is 4.40. The summed E-state index contributed by atoms with van der Waals surface area (Å²) in [6.07, 6.45) is 1.64. The Morgan fingerprint density at radius 3 is 2.52 bits per heavy atom. The summed E-state index contributed by atoms with van der Waals surface area (Å²) in [5, 5.41) is 3.34. The van der Waals surface area contributed by atoms with Crippen molar-refractivity contribution in [3.8, 4) is 0 Å². The van der Waals surface area contributed by atoms with Crippen LogP contribution in [0.5, 0.6) is 0 Å². The maximum atomic E-state index is 14.0. The summed E-state index contributed by atoms with van der Waals surface area (Å²) in [5.74, 6) is -0.640. The maximum absolute atomic E-state index is 14.0. The van der Waals surface area contributed by atoms with Crippen LogP contribution >= 0.6 is 15.9 Å². The van der Waals surface area contributed by atoms with Crippen LogP contribution in [0.1, 0.15) is 31.1 Å². The van der Waals surface area contributed by atoms with Crippen molar-refractivity contribution in [1.82, 2.24) is 10.3 Å². The molecule has 21 heavy (non-hydrogen) atoms. The largest absolute Gasteiger partial charge is 0.306 e. The highest BCUT2D eigenvalue weighted by molar-refractivity contribution is 9.10. The summed E-state index contributed by atoms with van der Waals surface area (Å²) in [5.41, 5.74) is 1.30. The maximum Gasteiger partial charge on any atom is 0.141 e. The number of hydrogen-bond acceptors (Lipinski definition) is 2. The number of benzene rings is 1. The lowest BCUT2D eigenvalue weighted by Crippen LogP contribution is -2.30. The third kappa shape index (κ3) is 4.58. The van der Waals surface area contributed by atoms with Crippen molar-refractivity contribution >= 4 is 15.9 Å². The molecule has 0 saturated heterocycles. The highest BCUT2D eigenvalue weighted by atomic mass is 79.9. The van der Waals surface area contributed by atoms with Gasteiger partial charge in [0.2, 0.25) is 0 Å². The van der Waals surface area contributed by atoms with Crippen molar-refractivity contribution in [2.45, 2.75) is 32.4 Å². The van der Waals surface area contributed by atoms with Crippen molar-refractivity contribution in [2.24, 2.45) is 0 Å². The summed E-state index contributed by atoms with van der Waals surface area (Å²) in [7, 11) is 0. The van der Waals surface area contributed by atoms with Gasteiger partial charge in [0.15, 0.2) is 0 Å². The quantitative estimate of drug-likeness (QED) is 0.860. The summed E-state index contributed by atoms with van der Waals surface area (Å²) >= 11 is 3.25. The standard InChI is InChI=1S/C16H17BrF2N2/c1-10(2)21-16(15-6-5-13(18)9-20-15)7-11-3-4-12(17)8-14(11)19/h3-6,8-10,16,21H,7H2,1-2H3. The molecule has 1 unspecified atom stereocenters. The van der Waals surface area contributed by atoms with Gasteiger partial charge in [-0.25, -0.2) is 8.78 Å². The first-order valence-electron chi connectivity index (χ1n) is 6.77. The molecule has 2 rings (SSSR count). The Labute approximate surface area is 131 Å². The summed E-state index contributed by atoms with van der Waals surface area (Å²) < 4.78 is 27.7. The minimum atomic E-state index is -0.378. The van der Waals surface area contributed by atoms with Gasteiger partial charge in [0.25, 0.3) is 0 Å². The van der Waals surface area contributed by atoms with E-state index in [9.17, 15) is 8.78 Å². The van der Waals surface area contributed by atoms with Gasteiger partial charge in [0.05, 0.1) is 17.9 Å². The average molecular weight is 355 g/mol. The fourth-order valence-corrected chi connectivity index (χ4v) is 2.48. The second kappa shape index (κ2) is 7.09. The lowest BCUT2D eigenvalue weighted by atomic mass is 10.0. The van der Waals surface area contributed by atoms with E-state index in [0.29, 0.717) is 22.2 Å². The smallest absolute Gasteiger partial charge is 0.141 e. The van der Waals surface area contributed by atoms with Crippen LogP contribution in [0.2, 0.25) is 0 Å². The molecule has 0 bridgehead atoms. The third-order valence-electron chi connectivity index (χ3n) is 3.08. The van der Waals surface area contributed by atoms with E-state index in [4.69, 9.17) is 0 Å². The fraction of sp³-hybridized carbons (Fsp3) is 0.312. The number of aromatic nitrogens is 1. The topological polar surface area (TPSA) is 24.9 Å². The van der Waals surface area contributed by atoms with Crippen LogP contribution in [0.15, 0.2) is 41.0 Å². The van der Waals surface area contributed by atoms with E-state index < -0.39 is 0 Å². The summed E-state index contributed by atoms with van der Waals surface area (Å²) in [6, 6.07) is 8.05. The van der Waals surface area contributed by atoms with Crippen LogP contribution < -0.4 is 5.32 Å². The SMILES string of the molecule is CC(C)NC(Cc1ccc(Br)cc1F)c1ccc(F)cn1. The Balaban J connectivity index is 2.25. The highest BCUT2D eigenvalue weighted by Crippen LogP contribution is 2.22. The zero-order chi connectivity index (χ0) is 15.4. The van der Waals surface area contributed by atoms with Gasteiger partial charge < -0.3 is 5.32 Å². The zero-order valence-electron chi connectivity index (χ0n) is 11.9. The number of halogens is 3. The van der Waals surface area contributed by atoms with Crippen LogP contribution in [0.25, 0.3) is 0 Å². The fourth-order valence-electron chi connectivity index (χ4n) is 2.15. The molecule has 0 spiro atoms. The normalized spacial score (nSPS) is 12.7. The van der Waals surface area contributed by atoms with E-state index in [2.05, 4.69) is 26.2 Å². The summed E-state index contributed by atoms with van der Waals surface area (Å²) in [6.45, 7) is 4.02. The summed E-state index contributed by atoms with van der Waals surface area (Å²) in [4.78, 5) is 4.11. The number of nitrogens with one attached hydrogen (secondary N) is 1. The van der Waals surface area contributed by atoms with Gasteiger partial charge in [0.1, 0.15) is 11.6 Å². The van der Waals surface area contributed by atoms with Crippen LogP contribution in [-0.4, -0.2) is 11.0 Å². The lowest BCUT2D eigenvalue weighted by Gasteiger charge is -2.21. The van der Waals surface area contributed by atoms with Crippen LogP contribution in [-0.2, 0) is 6.42 Å². The molecule has 0 aliphatic carbocycles. The van der Waals surface area contributed by atoms with Gasteiger partial charge in [-0.3, -0.25) is 4.98 Å². The molecule has 2 nitrogen and oxygen atoms in total. The molecule has 0 saturated carbocycles. The molecule has 1 aromatic heterocycles. The Morgan fingerprint density at radius 2 is 1.95 bits per heavy atom. The van der Waals surface area contributed by atoms with E-state index in [1.807, 2.05) is 19.9 Å². The molecule has 0 fully saturated rings. The molecule has 1 N–H and O–H groups in total. The minimum absolute atomic E-state index is 0.165. The van der Waals surface area contributed by atoms with Gasteiger partial charge in [-0.2, -0.15) is 0 Å². The predicted molar refractivity (Wildman–Crippen MR) is 83.0 cm³/mol. The molecular formula is C16H17BrF2N2. The third-order valence-corrected chi connectivity index (χ3v) is 3.57. The van der Waals surface area contributed by atoms with Crippen molar-refractivity contribution in [3.05, 3.63) is 63.9 Å². The van der Waals surface area contributed by atoms with E-state index in [-0.39, 0.29) is 23.7 Å². The van der Waals surface area contributed by atoms with Crippen molar-refractivity contribution in [1.29, 1.82) is 0 Å². The first-order chi connectivity index (χ1) is 9.95.